The minimum absolute atomic E-state index is 0.236. The Morgan fingerprint density at radius 2 is 2.00 bits per heavy atom. The van der Waals surface area contributed by atoms with Crippen LogP contribution in [0, 0.1) is 0 Å². The average Bonchev–Trinajstić information content (AvgIpc) is 2.65. The topological polar surface area (TPSA) is 46.5 Å². The fourth-order valence-electron chi connectivity index (χ4n) is 2.95. The molecule has 17 heavy (non-hydrogen) atoms. The predicted molar refractivity (Wildman–Crippen MR) is 68.8 cm³/mol. The molecule has 0 radical (unpaired) electrons. The molecule has 1 aromatic carbocycles. The predicted octanol–water partition coefficient (Wildman–Crippen LogP) is 2.45. The van der Waals surface area contributed by atoms with E-state index in [9.17, 15) is 8.42 Å². The third-order valence-electron chi connectivity index (χ3n) is 3.72. The van der Waals surface area contributed by atoms with Crippen molar-refractivity contribution < 1.29 is 8.42 Å². The number of hydrogen-bond acceptors (Lipinski definition) is 3. The standard InChI is InChI=1S/C13H15NO2S/c1-17(15,16)12-8-4-6-10-9-5-2-3-7-11(9)14-13(10)12/h2-3,5,7,10,12H,4,6,8H2,1H3. The summed E-state index contributed by atoms with van der Waals surface area (Å²) in [4.78, 5) is 4.56. The summed E-state index contributed by atoms with van der Waals surface area (Å²) in [6, 6.07) is 8.00. The van der Waals surface area contributed by atoms with Gasteiger partial charge in [0.05, 0.1) is 10.9 Å². The van der Waals surface area contributed by atoms with Crippen molar-refractivity contribution in [3.63, 3.8) is 0 Å². The second-order valence-electron chi connectivity index (χ2n) is 4.90. The van der Waals surface area contributed by atoms with Crippen molar-refractivity contribution in [3.05, 3.63) is 29.8 Å². The highest BCUT2D eigenvalue weighted by Gasteiger charge is 2.39. The first-order valence-corrected chi connectivity index (χ1v) is 7.89. The molecule has 0 saturated heterocycles. The van der Waals surface area contributed by atoms with Crippen LogP contribution in [-0.4, -0.2) is 25.6 Å². The lowest BCUT2D eigenvalue weighted by Crippen LogP contribution is -2.35. The second-order valence-corrected chi connectivity index (χ2v) is 7.13. The fourth-order valence-corrected chi connectivity index (χ4v) is 4.20. The Morgan fingerprint density at radius 1 is 1.24 bits per heavy atom. The minimum Gasteiger partial charge on any atom is -0.256 e. The van der Waals surface area contributed by atoms with Crippen LogP contribution in [0.3, 0.4) is 0 Å². The van der Waals surface area contributed by atoms with Crippen LogP contribution in [0.5, 0.6) is 0 Å². The number of fused-ring (bicyclic) bond motifs is 3. The van der Waals surface area contributed by atoms with Gasteiger partial charge in [0.25, 0.3) is 0 Å². The van der Waals surface area contributed by atoms with Crippen molar-refractivity contribution in [1.82, 2.24) is 0 Å². The Kier molecular flexibility index (Phi) is 2.36. The number of nitrogens with zero attached hydrogens (tertiary/aromatic N) is 1. The van der Waals surface area contributed by atoms with Gasteiger partial charge in [-0.2, -0.15) is 0 Å². The molecular weight excluding hydrogens is 234 g/mol. The largest absolute Gasteiger partial charge is 0.256 e. The molecule has 0 spiro atoms. The summed E-state index contributed by atoms with van der Waals surface area (Å²) in [6.45, 7) is 0. The van der Waals surface area contributed by atoms with Gasteiger partial charge in [0.15, 0.2) is 9.84 Å². The molecule has 90 valence electrons. The number of rotatable bonds is 1. The van der Waals surface area contributed by atoms with E-state index in [1.165, 1.54) is 11.8 Å². The second kappa shape index (κ2) is 3.67. The summed E-state index contributed by atoms with van der Waals surface area (Å²) < 4.78 is 23.6. The fraction of sp³-hybridized carbons (Fsp3) is 0.462. The van der Waals surface area contributed by atoms with Gasteiger partial charge in [0.1, 0.15) is 0 Å². The van der Waals surface area contributed by atoms with Crippen LogP contribution < -0.4 is 0 Å². The molecule has 4 heteroatoms. The molecule has 2 unspecified atom stereocenters. The van der Waals surface area contributed by atoms with E-state index in [1.54, 1.807) is 0 Å². The highest BCUT2D eigenvalue weighted by atomic mass is 32.2. The van der Waals surface area contributed by atoms with Crippen molar-refractivity contribution in [2.24, 2.45) is 4.99 Å². The highest BCUT2D eigenvalue weighted by molar-refractivity contribution is 7.92. The Bertz CT molecular complexity index is 589. The molecule has 1 aromatic rings. The Morgan fingerprint density at radius 3 is 2.76 bits per heavy atom. The normalized spacial score (nSPS) is 27.2. The van der Waals surface area contributed by atoms with Crippen LogP contribution in [0.25, 0.3) is 0 Å². The lowest BCUT2D eigenvalue weighted by Gasteiger charge is -2.26. The maximum atomic E-state index is 11.8. The Hall–Kier alpha value is -1.16. The molecule has 0 bridgehead atoms. The van der Waals surface area contributed by atoms with E-state index >= 15 is 0 Å². The van der Waals surface area contributed by atoms with E-state index in [0.29, 0.717) is 0 Å². The molecule has 0 aromatic heterocycles. The Labute approximate surface area is 101 Å². The van der Waals surface area contributed by atoms with Crippen LogP contribution in [0.1, 0.15) is 30.7 Å². The number of aliphatic imine (C=N–C) groups is 1. The zero-order valence-electron chi connectivity index (χ0n) is 9.76. The van der Waals surface area contributed by atoms with Gasteiger partial charge in [-0.05, 0) is 24.5 Å². The summed E-state index contributed by atoms with van der Waals surface area (Å²) in [5, 5.41) is -0.367. The van der Waals surface area contributed by atoms with Gasteiger partial charge < -0.3 is 0 Å². The smallest absolute Gasteiger partial charge is 0.155 e. The molecule has 1 heterocycles. The maximum Gasteiger partial charge on any atom is 0.155 e. The van der Waals surface area contributed by atoms with Gasteiger partial charge in [-0.25, -0.2) is 8.42 Å². The Balaban J connectivity index is 2.09. The van der Waals surface area contributed by atoms with E-state index in [-0.39, 0.29) is 11.2 Å². The van der Waals surface area contributed by atoms with Crippen LogP contribution >= 0.6 is 0 Å². The summed E-state index contributed by atoms with van der Waals surface area (Å²) in [7, 11) is -3.03. The van der Waals surface area contributed by atoms with Crippen LogP contribution in [0.15, 0.2) is 29.3 Å². The number of benzene rings is 1. The van der Waals surface area contributed by atoms with Crippen LogP contribution in [0.2, 0.25) is 0 Å². The van der Waals surface area contributed by atoms with Crippen molar-refractivity contribution in [3.8, 4) is 0 Å². The molecule has 1 aliphatic heterocycles. The molecule has 3 nitrogen and oxygen atoms in total. The first-order chi connectivity index (χ1) is 8.07. The number of sulfone groups is 1. The van der Waals surface area contributed by atoms with E-state index in [4.69, 9.17) is 0 Å². The van der Waals surface area contributed by atoms with Crippen LogP contribution in [0.4, 0.5) is 5.69 Å². The van der Waals surface area contributed by atoms with Crippen LogP contribution in [-0.2, 0) is 9.84 Å². The molecule has 0 N–H and O–H groups in total. The third kappa shape index (κ3) is 1.71. The lowest BCUT2D eigenvalue weighted by molar-refractivity contribution is 0.568. The lowest BCUT2D eigenvalue weighted by atomic mass is 9.83. The molecule has 1 saturated carbocycles. The van der Waals surface area contributed by atoms with Crippen molar-refractivity contribution in [2.45, 2.75) is 30.4 Å². The highest BCUT2D eigenvalue weighted by Crippen LogP contribution is 2.43. The molecule has 3 rings (SSSR count). The SMILES string of the molecule is CS(=O)(=O)C1CCCC2C1=Nc1ccccc12. The monoisotopic (exact) mass is 249 g/mol. The molecule has 1 aliphatic carbocycles. The third-order valence-corrected chi connectivity index (χ3v) is 5.24. The van der Waals surface area contributed by atoms with E-state index in [0.717, 1.165) is 30.7 Å². The van der Waals surface area contributed by atoms with Crippen molar-refractivity contribution in [2.75, 3.05) is 6.26 Å². The number of hydrogen-bond donors (Lipinski definition) is 0. The number of para-hydroxylation sites is 1. The van der Waals surface area contributed by atoms with E-state index in [1.807, 2.05) is 18.2 Å². The summed E-state index contributed by atoms with van der Waals surface area (Å²) in [6.07, 6.45) is 4.05. The van der Waals surface area contributed by atoms with Gasteiger partial charge >= 0.3 is 0 Å². The molecular formula is C13H15NO2S. The zero-order chi connectivity index (χ0) is 12.0. The van der Waals surface area contributed by atoms with Gasteiger partial charge in [-0.15, -0.1) is 0 Å². The van der Waals surface area contributed by atoms with E-state index < -0.39 is 9.84 Å². The van der Waals surface area contributed by atoms with Crippen molar-refractivity contribution >= 4 is 21.2 Å². The quantitative estimate of drug-likeness (QED) is 0.767. The molecule has 1 fully saturated rings. The maximum absolute atomic E-state index is 11.8. The summed E-state index contributed by atoms with van der Waals surface area (Å²) in [5.41, 5.74) is 3.04. The zero-order valence-corrected chi connectivity index (χ0v) is 10.6. The summed E-state index contributed by atoms with van der Waals surface area (Å²) >= 11 is 0. The van der Waals surface area contributed by atoms with Gasteiger partial charge in [0.2, 0.25) is 0 Å². The van der Waals surface area contributed by atoms with Gasteiger partial charge in [0, 0.05) is 17.9 Å². The molecule has 0 amide bonds. The van der Waals surface area contributed by atoms with Gasteiger partial charge in [-0.3, -0.25) is 4.99 Å². The average molecular weight is 249 g/mol. The van der Waals surface area contributed by atoms with E-state index in [2.05, 4.69) is 11.1 Å². The summed E-state index contributed by atoms with van der Waals surface area (Å²) in [5.74, 6) is 0.236. The first kappa shape index (κ1) is 11.0. The van der Waals surface area contributed by atoms with Gasteiger partial charge in [-0.1, -0.05) is 24.6 Å². The molecule has 2 atom stereocenters. The molecule has 2 aliphatic rings. The minimum atomic E-state index is -3.03. The first-order valence-electron chi connectivity index (χ1n) is 5.93. The van der Waals surface area contributed by atoms with Crippen molar-refractivity contribution in [1.29, 1.82) is 0 Å².